The zero-order valence-corrected chi connectivity index (χ0v) is 39.5. The van der Waals surface area contributed by atoms with Crippen molar-refractivity contribution in [2.75, 3.05) is 19.0 Å². The Morgan fingerprint density at radius 2 is 0.968 bits per heavy atom. The van der Waals surface area contributed by atoms with Crippen LogP contribution in [0.2, 0.25) is 0 Å². The van der Waals surface area contributed by atoms with Crippen LogP contribution in [0.15, 0.2) is 36.5 Å². The fourth-order valence-electron chi connectivity index (χ4n) is 7.35. The molecular formula is C49H88O12S. The summed E-state index contributed by atoms with van der Waals surface area (Å²) < 4.78 is 54.2. The molecule has 13 heteroatoms. The third kappa shape index (κ3) is 33.4. The fourth-order valence-corrected chi connectivity index (χ4v) is 8.04. The zero-order chi connectivity index (χ0) is 45.5. The van der Waals surface area contributed by atoms with Gasteiger partial charge in [0.05, 0.1) is 6.61 Å². The topological polar surface area (TPSA) is 186 Å². The van der Waals surface area contributed by atoms with Gasteiger partial charge >= 0.3 is 11.9 Å². The molecule has 0 bridgehead atoms. The minimum absolute atomic E-state index is 0.158. The highest BCUT2D eigenvalue weighted by Gasteiger charge is 2.46. The minimum Gasteiger partial charge on any atom is -0.462 e. The number of aliphatic hydroxyl groups is 3. The van der Waals surface area contributed by atoms with Crippen LogP contribution in [-0.4, -0.2) is 96.0 Å². The molecule has 1 aliphatic heterocycles. The van der Waals surface area contributed by atoms with Crippen molar-refractivity contribution in [1.82, 2.24) is 0 Å². The average Bonchev–Trinajstić information content (AvgIpc) is 3.24. The summed E-state index contributed by atoms with van der Waals surface area (Å²) in [5.41, 5.74) is 0. The quantitative estimate of drug-likeness (QED) is 0.0197. The van der Waals surface area contributed by atoms with Gasteiger partial charge in [0, 0.05) is 12.8 Å². The number of ether oxygens (including phenoxy) is 4. The third-order valence-electron chi connectivity index (χ3n) is 11.2. The second-order valence-corrected chi connectivity index (χ2v) is 18.6. The van der Waals surface area contributed by atoms with Crippen LogP contribution >= 0.6 is 0 Å². The largest absolute Gasteiger partial charge is 0.462 e. The maximum atomic E-state index is 12.8. The summed E-state index contributed by atoms with van der Waals surface area (Å²) in [4.78, 5) is 25.5. The van der Waals surface area contributed by atoms with Gasteiger partial charge < -0.3 is 34.3 Å². The molecule has 4 N–H and O–H groups in total. The van der Waals surface area contributed by atoms with Crippen LogP contribution in [0.3, 0.4) is 0 Å². The maximum Gasteiger partial charge on any atom is 0.306 e. The second kappa shape index (κ2) is 39.3. The molecule has 362 valence electrons. The number of unbranched alkanes of at least 4 members (excludes halogenated alkanes) is 23. The molecule has 0 aromatic heterocycles. The van der Waals surface area contributed by atoms with E-state index in [2.05, 4.69) is 50.3 Å². The van der Waals surface area contributed by atoms with Gasteiger partial charge in [0.1, 0.15) is 36.8 Å². The van der Waals surface area contributed by atoms with Crippen molar-refractivity contribution < 1.29 is 56.8 Å². The molecule has 62 heavy (non-hydrogen) atoms. The molecule has 0 saturated carbocycles. The standard InChI is InChI=1S/C49H88O12S/c1-3-5-7-9-11-13-15-17-19-21-23-25-27-29-31-33-35-37-44(50)58-39-42(40-59-49-48(54)47(53)46(52)43(61-49)41-62(55,56)57)60-45(51)38-36-34-32-30-28-26-24-22-20-18-16-14-12-10-8-6-4-2/h11,13,17-20,42-43,46-49,52-54H,3-10,12,14-16,21-41H2,1-2H3,(H,55,56,57)/b13-11+,19-17+,20-18+/t42-,43-,46-,47?,48?,49+/m1/s1. The Bertz CT molecular complexity index is 1290. The lowest BCUT2D eigenvalue weighted by Crippen LogP contribution is -2.60. The molecule has 2 unspecified atom stereocenters. The molecule has 0 radical (unpaired) electrons. The number of allylic oxidation sites excluding steroid dienone is 6. The summed E-state index contributed by atoms with van der Waals surface area (Å²) in [5, 5.41) is 30.9. The summed E-state index contributed by atoms with van der Waals surface area (Å²) in [5.74, 6) is -1.99. The van der Waals surface area contributed by atoms with E-state index in [1.165, 1.54) is 96.3 Å². The lowest BCUT2D eigenvalue weighted by atomic mass is 10.00. The Labute approximate surface area is 376 Å². The van der Waals surface area contributed by atoms with E-state index in [1.807, 2.05) is 0 Å². The van der Waals surface area contributed by atoms with Gasteiger partial charge in [-0.25, -0.2) is 0 Å². The predicted octanol–water partition coefficient (Wildman–Crippen LogP) is 10.6. The highest BCUT2D eigenvalue weighted by Crippen LogP contribution is 2.24. The van der Waals surface area contributed by atoms with E-state index in [0.29, 0.717) is 12.8 Å². The Balaban J connectivity index is 2.41. The first-order valence-corrected chi connectivity index (χ1v) is 26.2. The molecule has 0 aromatic rings. The number of hydrogen-bond acceptors (Lipinski definition) is 11. The Morgan fingerprint density at radius 3 is 1.47 bits per heavy atom. The smallest absolute Gasteiger partial charge is 0.306 e. The Hall–Kier alpha value is -2.13. The van der Waals surface area contributed by atoms with Gasteiger partial charge in [-0.3, -0.25) is 14.1 Å². The highest BCUT2D eigenvalue weighted by molar-refractivity contribution is 7.85. The van der Waals surface area contributed by atoms with E-state index >= 15 is 0 Å². The van der Waals surface area contributed by atoms with E-state index in [1.54, 1.807) is 0 Å². The SMILES string of the molecule is CCCCC/C=C/C/C=C/CCCCCCCCCC(=O)OC[C@H](CO[C@H]1O[C@H](CS(=O)(=O)O)[C@@H](O)C(O)C1O)OC(=O)CCCCCCCCC/C=C/CCCCCCCC. The number of carbonyl (C=O) groups is 2. The normalized spacial score (nSPS) is 20.1. The van der Waals surface area contributed by atoms with Gasteiger partial charge in [-0.15, -0.1) is 0 Å². The molecule has 1 fully saturated rings. The molecule has 1 aliphatic rings. The van der Waals surface area contributed by atoms with Crippen LogP contribution < -0.4 is 0 Å². The first-order chi connectivity index (χ1) is 30.0. The fraction of sp³-hybridized carbons (Fsp3) is 0.837. The number of esters is 2. The maximum absolute atomic E-state index is 12.8. The van der Waals surface area contributed by atoms with Gasteiger partial charge in [-0.2, -0.15) is 8.42 Å². The van der Waals surface area contributed by atoms with Crippen molar-refractivity contribution in [3.05, 3.63) is 36.5 Å². The number of carbonyl (C=O) groups excluding carboxylic acids is 2. The minimum atomic E-state index is -4.60. The molecule has 0 spiro atoms. The van der Waals surface area contributed by atoms with Crippen molar-refractivity contribution in [2.24, 2.45) is 0 Å². The summed E-state index contributed by atoms with van der Waals surface area (Å²) >= 11 is 0. The van der Waals surface area contributed by atoms with Crippen molar-refractivity contribution >= 4 is 22.1 Å². The molecule has 1 rings (SSSR count). The summed E-state index contributed by atoms with van der Waals surface area (Å²) in [7, 11) is -4.60. The van der Waals surface area contributed by atoms with Crippen LogP contribution in [0.1, 0.15) is 206 Å². The summed E-state index contributed by atoms with van der Waals surface area (Å²) in [6.45, 7) is 3.74. The van der Waals surface area contributed by atoms with Crippen molar-refractivity contribution in [3.8, 4) is 0 Å². The van der Waals surface area contributed by atoms with Gasteiger partial charge in [-0.1, -0.05) is 159 Å². The van der Waals surface area contributed by atoms with E-state index in [-0.39, 0.29) is 19.4 Å². The van der Waals surface area contributed by atoms with E-state index in [9.17, 15) is 37.9 Å². The third-order valence-corrected chi connectivity index (χ3v) is 11.9. The van der Waals surface area contributed by atoms with Gasteiger partial charge in [0.25, 0.3) is 10.1 Å². The van der Waals surface area contributed by atoms with E-state index < -0.39 is 71.2 Å². The summed E-state index contributed by atoms with van der Waals surface area (Å²) in [6.07, 6.45) is 36.0. The molecule has 6 atom stereocenters. The molecule has 0 amide bonds. The lowest BCUT2D eigenvalue weighted by molar-refractivity contribution is -0.297. The van der Waals surface area contributed by atoms with Crippen LogP contribution in [0.5, 0.6) is 0 Å². The number of hydrogen-bond donors (Lipinski definition) is 4. The molecule has 0 aromatic carbocycles. The first kappa shape index (κ1) is 57.9. The number of aliphatic hydroxyl groups excluding tert-OH is 3. The monoisotopic (exact) mass is 901 g/mol. The molecule has 12 nitrogen and oxygen atoms in total. The van der Waals surface area contributed by atoms with Crippen LogP contribution in [0.4, 0.5) is 0 Å². The van der Waals surface area contributed by atoms with Crippen molar-refractivity contribution in [1.29, 1.82) is 0 Å². The molecular weight excluding hydrogens is 813 g/mol. The van der Waals surface area contributed by atoms with E-state index in [0.717, 1.165) is 70.6 Å². The Morgan fingerprint density at radius 1 is 0.548 bits per heavy atom. The first-order valence-electron chi connectivity index (χ1n) is 24.5. The molecule has 1 heterocycles. The predicted molar refractivity (Wildman–Crippen MR) is 247 cm³/mol. The molecule has 0 aliphatic carbocycles. The van der Waals surface area contributed by atoms with E-state index in [4.69, 9.17) is 18.9 Å². The van der Waals surface area contributed by atoms with Gasteiger partial charge in [-0.05, 0) is 70.6 Å². The number of rotatable bonds is 41. The molecule has 1 saturated heterocycles. The van der Waals surface area contributed by atoms with Crippen LogP contribution in [0.25, 0.3) is 0 Å². The average molecular weight is 901 g/mol. The van der Waals surface area contributed by atoms with Crippen molar-refractivity contribution in [2.45, 2.75) is 243 Å². The van der Waals surface area contributed by atoms with Crippen molar-refractivity contribution in [3.63, 3.8) is 0 Å². The van der Waals surface area contributed by atoms with Crippen LogP contribution in [-0.2, 0) is 38.7 Å². The zero-order valence-electron chi connectivity index (χ0n) is 38.7. The second-order valence-electron chi connectivity index (χ2n) is 17.1. The lowest BCUT2D eigenvalue weighted by Gasteiger charge is -2.40. The van der Waals surface area contributed by atoms with Gasteiger partial charge in [0.2, 0.25) is 0 Å². The van der Waals surface area contributed by atoms with Gasteiger partial charge in [0.15, 0.2) is 12.4 Å². The van der Waals surface area contributed by atoms with Crippen LogP contribution in [0, 0.1) is 0 Å². The Kier molecular flexibility index (Phi) is 36.6. The highest BCUT2D eigenvalue weighted by atomic mass is 32.2. The summed E-state index contributed by atoms with van der Waals surface area (Å²) in [6, 6.07) is 0.